The number of aromatic nitrogens is 1. The quantitative estimate of drug-likeness (QED) is 0.923. The van der Waals surface area contributed by atoms with Crippen molar-refractivity contribution in [3.8, 4) is 16.9 Å². The Kier molecular flexibility index (Phi) is 4.03. The van der Waals surface area contributed by atoms with Crippen LogP contribution in [0.2, 0.25) is 0 Å². The van der Waals surface area contributed by atoms with Crippen molar-refractivity contribution in [2.45, 2.75) is 19.8 Å². The van der Waals surface area contributed by atoms with E-state index in [1.165, 1.54) is 11.8 Å². The van der Waals surface area contributed by atoms with Crippen molar-refractivity contribution in [2.24, 2.45) is 0 Å². The minimum absolute atomic E-state index is 0.166. The Hall–Kier alpha value is -2.36. The van der Waals surface area contributed by atoms with Gasteiger partial charge in [-0.25, -0.2) is 4.79 Å². The molecule has 1 N–H and O–H groups in total. The topological polar surface area (TPSA) is 59.4 Å². The fourth-order valence-electron chi connectivity index (χ4n) is 2.01. The molecule has 0 radical (unpaired) electrons. The molecule has 0 saturated heterocycles. The van der Waals surface area contributed by atoms with E-state index in [2.05, 4.69) is 18.8 Å². The Balaban J connectivity index is 2.57. The second-order valence-corrected chi connectivity index (χ2v) is 4.88. The average molecular weight is 271 g/mol. The van der Waals surface area contributed by atoms with Crippen LogP contribution in [0.25, 0.3) is 11.1 Å². The lowest BCUT2D eigenvalue weighted by atomic mass is 9.97. The van der Waals surface area contributed by atoms with Gasteiger partial charge in [0.1, 0.15) is 5.75 Å². The third-order valence-electron chi connectivity index (χ3n) is 3.19. The molecule has 0 spiro atoms. The number of benzene rings is 1. The van der Waals surface area contributed by atoms with Crippen molar-refractivity contribution in [2.75, 3.05) is 7.11 Å². The molecule has 0 saturated carbocycles. The van der Waals surface area contributed by atoms with Crippen LogP contribution in [0.1, 0.15) is 35.7 Å². The van der Waals surface area contributed by atoms with Crippen LogP contribution in [0.4, 0.5) is 0 Å². The summed E-state index contributed by atoms with van der Waals surface area (Å²) >= 11 is 0. The summed E-state index contributed by atoms with van der Waals surface area (Å²) in [6.45, 7) is 4.22. The molecule has 0 aliphatic rings. The first-order valence-electron chi connectivity index (χ1n) is 6.39. The first-order valence-corrected chi connectivity index (χ1v) is 6.39. The summed E-state index contributed by atoms with van der Waals surface area (Å²) in [6.07, 6.45) is 2.99. The van der Waals surface area contributed by atoms with Gasteiger partial charge >= 0.3 is 5.97 Å². The van der Waals surface area contributed by atoms with Crippen LogP contribution in [-0.4, -0.2) is 23.2 Å². The Bertz CT molecular complexity index is 635. The number of carboxylic acids is 1. The van der Waals surface area contributed by atoms with E-state index >= 15 is 0 Å². The molecule has 0 bridgehead atoms. The van der Waals surface area contributed by atoms with Gasteiger partial charge in [0.15, 0.2) is 0 Å². The number of carbonyl (C=O) groups is 1. The van der Waals surface area contributed by atoms with Crippen molar-refractivity contribution in [1.82, 2.24) is 4.98 Å². The van der Waals surface area contributed by atoms with Gasteiger partial charge in [0.2, 0.25) is 0 Å². The number of hydrogen-bond donors (Lipinski definition) is 1. The standard InChI is InChI=1S/C16H17NO3/c1-10(2)11-4-5-15(20-3)14(7-11)12-6-13(16(18)19)9-17-8-12/h4-10H,1-3H3,(H,18,19). The van der Waals surface area contributed by atoms with Crippen LogP contribution >= 0.6 is 0 Å². The molecular formula is C16H17NO3. The minimum atomic E-state index is -0.988. The first kappa shape index (κ1) is 14.1. The van der Waals surface area contributed by atoms with Gasteiger partial charge in [-0.3, -0.25) is 4.98 Å². The van der Waals surface area contributed by atoms with Gasteiger partial charge in [0.05, 0.1) is 12.7 Å². The Labute approximate surface area is 118 Å². The molecule has 20 heavy (non-hydrogen) atoms. The van der Waals surface area contributed by atoms with Gasteiger partial charge in [-0.05, 0) is 29.7 Å². The monoisotopic (exact) mass is 271 g/mol. The predicted octanol–water partition coefficient (Wildman–Crippen LogP) is 3.58. The van der Waals surface area contributed by atoms with E-state index in [0.29, 0.717) is 11.7 Å². The fraction of sp³-hybridized carbons (Fsp3) is 0.250. The maximum atomic E-state index is 11.0. The zero-order chi connectivity index (χ0) is 14.7. The van der Waals surface area contributed by atoms with Gasteiger partial charge in [0.25, 0.3) is 0 Å². The second kappa shape index (κ2) is 5.74. The SMILES string of the molecule is COc1ccc(C(C)C)cc1-c1cncc(C(=O)O)c1. The number of ether oxygens (including phenoxy) is 1. The summed E-state index contributed by atoms with van der Waals surface area (Å²) in [5.41, 5.74) is 2.93. The highest BCUT2D eigenvalue weighted by molar-refractivity contribution is 5.89. The van der Waals surface area contributed by atoms with Crippen LogP contribution < -0.4 is 4.74 Å². The number of nitrogens with zero attached hydrogens (tertiary/aromatic N) is 1. The van der Waals surface area contributed by atoms with Crippen molar-refractivity contribution in [3.05, 3.63) is 47.8 Å². The summed E-state index contributed by atoms with van der Waals surface area (Å²) in [4.78, 5) is 15.0. The number of rotatable bonds is 4. The third kappa shape index (κ3) is 2.79. The number of methoxy groups -OCH3 is 1. The molecule has 0 unspecified atom stereocenters. The largest absolute Gasteiger partial charge is 0.496 e. The molecule has 2 aromatic rings. The van der Waals surface area contributed by atoms with Gasteiger partial charge in [-0.15, -0.1) is 0 Å². The van der Waals surface area contributed by atoms with E-state index in [9.17, 15) is 4.79 Å². The highest BCUT2D eigenvalue weighted by Gasteiger charge is 2.11. The molecule has 1 aromatic carbocycles. The van der Waals surface area contributed by atoms with Crippen molar-refractivity contribution in [3.63, 3.8) is 0 Å². The van der Waals surface area contributed by atoms with Crippen LogP contribution in [0.3, 0.4) is 0 Å². The maximum absolute atomic E-state index is 11.0. The van der Waals surface area contributed by atoms with Gasteiger partial charge in [-0.2, -0.15) is 0 Å². The molecule has 1 aromatic heterocycles. The van der Waals surface area contributed by atoms with Crippen LogP contribution in [0.15, 0.2) is 36.7 Å². The number of hydrogen-bond acceptors (Lipinski definition) is 3. The summed E-state index contributed by atoms with van der Waals surface area (Å²) in [5.74, 6) is 0.104. The molecule has 104 valence electrons. The van der Waals surface area contributed by atoms with E-state index in [1.807, 2.05) is 18.2 Å². The van der Waals surface area contributed by atoms with Crippen molar-refractivity contribution < 1.29 is 14.6 Å². The second-order valence-electron chi connectivity index (χ2n) is 4.88. The van der Waals surface area contributed by atoms with E-state index in [0.717, 1.165) is 11.1 Å². The average Bonchev–Trinajstić information content (AvgIpc) is 2.46. The van der Waals surface area contributed by atoms with E-state index in [1.54, 1.807) is 19.4 Å². The Morgan fingerprint density at radius 2 is 2.00 bits per heavy atom. The van der Waals surface area contributed by atoms with Gasteiger partial charge in [-0.1, -0.05) is 19.9 Å². The summed E-state index contributed by atoms with van der Waals surface area (Å²) in [7, 11) is 1.60. The smallest absolute Gasteiger partial charge is 0.337 e. The summed E-state index contributed by atoms with van der Waals surface area (Å²) in [6, 6.07) is 7.54. The molecule has 4 nitrogen and oxygen atoms in total. The molecule has 0 atom stereocenters. The Morgan fingerprint density at radius 1 is 1.25 bits per heavy atom. The molecule has 1 heterocycles. The van der Waals surface area contributed by atoms with Crippen LogP contribution in [0, 0.1) is 0 Å². The van der Waals surface area contributed by atoms with Crippen LogP contribution in [0.5, 0.6) is 5.75 Å². The molecular weight excluding hydrogens is 254 g/mol. The van der Waals surface area contributed by atoms with Crippen LogP contribution in [-0.2, 0) is 0 Å². The highest BCUT2D eigenvalue weighted by atomic mass is 16.5. The number of aromatic carboxylic acids is 1. The van der Waals surface area contributed by atoms with Crippen molar-refractivity contribution >= 4 is 5.97 Å². The zero-order valence-electron chi connectivity index (χ0n) is 11.8. The molecule has 0 fully saturated rings. The van der Waals surface area contributed by atoms with Crippen molar-refractivity contribution in [1.29, 1.82) is 0 Å². The molecule has 2 rings (SSSR count). The lowest BCUT2D eigenvalue weighted by Gasteiger charge is -2.13. The molecule has 0 aliphatic heterocycles. The van der Waals surface area contributed by atoms with E-state index < -0.39 is 5.97 Å². The lowest BCUT2D eigenvalue weighted by Crippen LogP contribution is -1.98. The number of carboxylic acid groups (broad SMARTS) is 1. The minimum Gasteiger partial charge on any atom is -0.496 e. The normalized spacial score (nSPS) is 10.6. The Morgan fingerprint density at radius 3 is 2.60 bits per heavy atom. The predicted molar refractivity (Wildman–Crippen MR) is 77.3 cm³/mol. The summed E-state index contributed by atoms with van der Waals surface area (Å²) in [5, 5.41) is 9.05. The third-order valence-corrected chi connectivity index (χ3v) is 3.19. The van der Waals surface area contributed by atoms with E-state index in [4.69, 9.17) is 9.84 Å². The van der Waals surface area contributed by atoms with Gasteiger partial charge in [0, 0.05) is 23.5 Å². The highest BCUT2D eigenvalue weighted by Crippen LogP contribution is 2.32. The molecule has 0 aliphatic carbocycles. The lowest BCUT2D eigenvalue weighted by molar-refractivity contribution is 0.0696. The maximum Gasteiger partial charge on any atom is 0.337 e. The molecule has 4 heteroatoms. The van der Waals surface area contributed by atoms with Gasteiger partial charge < -0.3 is 9.84 Å². The molecule has 0 amide bonds. The van der Waals surface area contributed by atoms with E-state index in [-0.39, 0.29) is 5.56 Å². The first-order chi connectivity index (χ1) is 9.52. The summed E-state index contributed by atoms with van der Waals surface area (Å²) < 4.78 is 5.36. The number of pyridine rings is 1. The fourth-order valence-corrected chi connectivity index (χ4v) is 2.01. The zero-order valence-corrected chi connectivity index (χ0v) is 11.8.